The minimum atomic E-state index is -0.00701. The van der Waals surface area contributed by atoms with Crippen LogP contribution in [0.2, 0.25) is 0 Å². The predicted molar refractivity (Wildman–Crippen MR) is 89.2 cm³/mol. The third kappa shape index (κ3) is 4.03. The second kappa shape index (κ2) is 7.02. The van der Waals surface area contributed by atoms with Gasteiger partial charge in [-0.15, -0.1) is 0 Å². The average Bonchev–Trinajstić information content (AvgIpc) is 2.40. The number of unbranched alkanes of at least 4 members (excludes halogenated alkanes) is 5. The van der Waals surface area contributed by atoms with Crippen molar-refractivity contribution in [3.63, 3.8) is 0 Å². The van der Waals surface area contributed by atoms with Crippen LogP contribution in [-0.4, -0.2) is 11.2 Å². The highest BCUT2D eigenvalue weighted by atomic mass is 16.3. The van der Waals surface area contributed by atoms with Gasteiger partial charge >= 0.3 is 0 Å². The Balaban J connectivity index is 1.38. The summed E-state index contributed by atoms with van der Waals surface area (Å²) in [5, 5.41) is 10.5. The van der Waals surface area contributed by atoms with E-state index in [0.29, 0.717) is 5.41 Å². The van der Waals surface area contributed by atoms with Crippen molar-refractivity contribution in [2.45, 2.75) is 103 Å². The molecule has 0 aromatic heterocycles. The van der Waals surface area contributed by atoms with E-state index in [1.807, 2.05) is 0 Å². The number of aliphatic hydroxyl groups is 1. The lowest BCUT2D eigenvalue weighted by Crippen LogP contribution is -2.47. The maximum Gasteiger partial charge on any atom is 0.0545 e. The molecule has 4 fully saturated rings. The van der Waals surface area contributed by atoms with E-state index in [0.717, 1.165) is 30.6 Å². The van der Waals surface area contributed by atoms with Crippen LogP contribution < -0.4 is 0 Å². The third-order valence-corrected chi connectivity index (χ3v) is 6.72. The lowest BCUT2D eigenvalue weighted by atomic mass is 9.48. The van der Waals surface area contributed by atoms with Crippen molar-refractivity contribution in [3.8, 4) is 0 Å². The largest absolute Gasteiger partial charge is 0.393 e. The molecule has 1 N–H and O–H groups in total. The Bertz CT molecular complexity index is 287. The summed E-state index contributed by atoms with van der Waals surface area (Å²) < 4.78 is 0. The van der Waals surface area contributed by atoms with Crippen LogP contribution in [0.25, 0.3) is 0 Å². The van der Waals surface area contributed by atoms with E-state index < -0.39 is 0 Å². The highest BCUT2D eigenvalue weighted by Gasteiger charge is 2.51. The molecule has 0 radical (unpaired) electrons. The molecule has 21 heavy (non-hydrogen) atoms. The van der Waals surface area contributed by atoms with E-state index in [1.165, 1.54) is 77.0 Å². The number of hydrogen-bond donors (Lipinski definition) is 1. The SMILES string of the molecule is CCCCCCCCC(O)CC12CC3CC(CC(C3)C1)C2. The molecule has 4 saturated carbocycles. The standard InChI is InChI=1S/C20H36O/c1-2-3-4-5-6-7-8-19(21)15-20-12-16-9-17(13-20)11-18(10-16)14-20/h16-19,21H,2-15H2,1H3. The van der Waals surface area contributed by atoms with Crippen molar-refractivity contribution in [1.82, 2.24) is 0 Å². The lowest BCUT2D eigenvalue weighted by molar-refractivity contribution is -0.0768. The van der Waals surface area contributed by atoms with Gasteiger partial charge in [0.25, 0.3) is 0 Å². The summed E-state index contributed by atoms with van der Waals surface area (Å²) in [6, 6.07) is 0. The van der Waals surface area contributed by atoms with Gasteiger partial charge in [-0.1, -0.05) is 45.4 Å². The molecule has 0 saturated heterocycles. The first-order chi connectivity index (χ1) is 10.2. The van der Waals surface area contributed by atoms with Gasteiger partial charge in [0.05, 0.1) is 6.10 Å². The number of hydrogen-bond acceptors (Lipinski definition) is 1. The van der Waals surface area contributed by atoms with E-state index in [1.54, 1.807) is 0 Å². The zero-order valence-electron chi connectivity index (χ0n) is 14.2. The van der Waals surface area contributed by atoms with Gasteiger partial charge in [0, 0.05) is 0 Å². The van der Waals surface area contributed by atoms with Crippen LogP contribution in [-0.2, 0) is 0 Å². The minimum absolute atomic E-state index is 0.00701. The fourth-order valence-electron chi connectivity index (χ4n) is 6.30. The van der Waals surface area contributed by atoms with E-state index in [2.05, 4.69) is 6.92 Å². The topological polar surface area (TPSA) is 20.2 Å². The first-order valence-corrected chi connectivity index (χ1v) is 9.87. The number of aliphatic hydroxyl groups excluding tert-OH is 1. The Morgan fingerprint density at radius 1 is 0.857 bits per heavy atom. The highest BCUT2D eigenvalue weighted by molar-refractivity contribution is 5.01. The molecular weight excluding hydrogens is 256 g/mol. The molecule has 0 aromatic rings. The molecule has 0 heterocycles. The molecule has 4 aliphatic rings. The molecule has 0 spiro atoms. The van der Waals surface area contributed by atoms with Gasteiger partial charge in [-0.3, -0.25) is 0 Å². The van der Waals surface area contributed by atoms with Crippen LogP contribution in [0, 0.1) is 23.2 Å². The average molecular weight is 293 g/mol. The molecule has 1 heteroatoms. The van der Waals surface area contributed by atoms with E-state index in [9.17, 15) is 5.11 Å². The van der Waals surface area contributed by atoms with Crippen LogP contribution in [0.1, 0.15) is 96.8 Å². The fraction of sp³-hybridized carbons (Fsp3) is 1.00. The summed E-state index contributed by atoms with van der Waals surface area (Å²) in [4.78, 5) is 0. The van der Waals surface area contributed by atoms with E-state index >= 15 is 0 Å². The van der Waals surface area contributed by atoms with Crippen LogP contribution in [0.5, 0.6) is 0 Å². The summed E-state index contributed by atoms with van der Waals surface area (Å²) in [7, 11) is 0. The van der Waals surface area contributed by atoms with Gasteiger partial charge < -0.3 is 5.11 Å². The van der Waals surface area contributed by atoms with Crippen LogP contribution >= 0.6 is 0 Å². The normalized spacial score (nSPS) is 38.9. The fourth-order valence-corrected chi connectivity index (χ4v) is 6.30. The first-order valence-electron chi connectivity index (χ1n) is 9.87. The monoisotopic (exact) mass is 292 g/mol. The van der Waals surface area contributed by atoms with Crippen molar-refractivity contribution < 1.29 is 5.11 Å². The van der Waals surface area contributed by atoms with Crippen molar-refractivity contribution in [3.05, 3.63) is 0 Å². The molecule has 0 aliphatic heterocycles. The Morgan fingerprint density at radius 3 is 1.95 bits per heavy atom. The molecule has 0 amide bonds. The van der Waals surface area contributed by atoms with Gasteiger partial charge in [0.2, 0.25) is 0 Å². The van der Waals surface area contributed by atoms with Gasteiger partial charge in [-0.25, -0.2) is 0 Å². The van der Waals surface area contributed by atoms with Gasteiger partial charge in [0.1, 0.15) is 0 Å². The minimum Gasteiger partial charge on any atom is -0.393 e. The Kier molecular flexibility index (Phi) is 5.30. The second-order valence-electron chi connectivity index (χ2n) is 8.83. The highest BCUT2D eigenvalue weighted by Crippen LogP contribution is 2.61. The quantitative estimate of drug-likeness (QED) is 0.540. The Labute approximate surface area is 131 Å². The lowest BCUT2D eigenvalue weighted by Gasteiger charge is -2.57. The van der Waals surface area contributed by atoms with Crippen molar-refractivity contribution in [2.24, 2.45) is 23.2 Å². The summed E-state index contributed by atoms with van der Waals surface area (Å²) in [5.74, 6) is 3.08. The van der Waals surface area contributed by atoms with Crippen molar-refractivity contribution in [2.75, 3.05) is 0 Å². The van der Waals surface area contributed by atoms with Crippen molar-refractivity contribution >= 4 is 0 Å². The number of rotatable bonds is 9. The van der Waals surface area contributed by atoms with Crippen molar-refractivity contribution in [1.29, 1.82) is 0 Å². The maximum absolute atomic E-state index is 10.5. The molecule has 1 unspecified atom stereocenters. The van der Waals surface area contributed by atoms with Crippen LogP contribution in [0.3, 0.4) is 0 Å². The summed E-state index contributed by atoms with van der Waals surface area (Å²) in [6.07, 6.45) is 19.2. The van der Waals surface area contributed by atoms with Gasteiger partial charge in [-0.05, 0) is 74.5 Å². The summed E-state index contributed by atoms with van der Waals surface area (Å²) in [6.45, 7) is 2.27. The zero-order valence-corrected chi connectivity index (χ0v) is 14.2. The Hall–Kier alpha value is -0.0400. The molecule has 1 nitrogen and oxygen atoms in total. The molecule has 4 rings (SSSR count). The van der Waals surface area contributed by atoms with Crippen LogP contribution in [0.15, 0.2) is 0 Å². The third-order valence-electron chi connectivity index (χ3n) is 6.72. The second-order valence-corrected chi connectivity index (χ2v) is 8.83. The summed E-state index contributed by atoms with van der Waals surface area (Å²) >= 11 is 0. The summed E-state index contributed by atoms with van der Waals surface area (Å²) in [5.41, 5.74) is 0.566. The predicted octanol–water partition coefficient (Wildman–Crippen LogP) is 5.70. The maximum atomic E-state index is 10.5. The molecular formula is C20H36O. The van der Waals surface area contributed by atoms with E-state index in [4.69, 9.17) is 0 Å². The Morgan fingerprint density at radius 2 is 1.38 bits per heavy atom. The van der Waals surface area contributed by atoms with Crippen LogP contribution in [0.4, 0.5) is 0 Å². The van der Waals surface area contributed by atoms with E-state index in [-0.39, 0.29) is 6.10 Å². The molecule has 0 aromatic carbocycles. The molecule has 122 valence electrons. The molecule has 4 bridgehead atoms. The van der Waals surface area contributed by atoms with Gasteiger partial charge in [0.15, 0.2) is 0 Å². The molecule has 4 aliphatic carbocycles. The molecule has 1 atom stereocenters. The first kappa shape index (κ1) is 15.8. The van der Waals surface area contributed by atoms with Gasteiger partial charge in [-0.2, -0.15) is 0 Å². The smallest absolute Gasteiger partial charge is 0.0545 e. The zero-order chi connectivity index (χ0) is 14.7.